The maximum absolute atomic E-state index is 12.4. The van der Waals surface area contributed by atoms with Gasteiger partial charge >= 0.3 is 6.61 Å². The van der Waals surface area contributed by atoms with E-state index in [4.69, 9.17) is 4.43 Å². The molecule has 0 aromatic heterocycles. The molecule has 0 aliphatic heterocycles. The van der Waals surface area contributed by atoms with Crippen LogP contribution in [-0.2, 0) is 0 Å². The van der Waals surface area contributed by atoms with Crippen LogP contribution in [0.3, 0.4) is 0 Å². The van der Waals surface area contributed by atoms with E-state index in [1.54, 1.807) is 0 Å². The Kier molecular flexibility index (Phi) is 4.91. The molecule has 1 aromatic carbocycles. The minimum absolute atomic E-state index is 0.0459. The second kappa shape index (κ2) is 5.91. The molecule has 0 aliphatic rings. The average molecular weight is 302 g/mol. The van der Waals surface area contributed by atoms with Crippen molar-refractivity contribution in [3.8, 4) is 11.5 Å². The fourth-order valence-electron chi connectivity index (χ4n) is 1.30. The van der Waals surface area contributed by atoms with Crippen LogP contribution < -0.4 is 9.16 Å². The Morgan fingerprint density at radius 2 is 1.80 bits per heavy atom. The minimum Gasteiger partial charge on any atom is -0.541 e. The van der Waals surface area contributed by atoms with E-state index in [1.165, 1.54) is 18.2 Å². The maximum atomic E-state index is 12.4. The van der Waals surface area contributed by atoms with Crippen LogP contribution in [0.25, 0.3) is 0 Å². The monoisotopic (exact) mass is 302 g/mol. The van der Waals surface area contributed by atoms with Crippen molar-refractivity contribution in [1.29, 1.82) is 0 Å². The number of benzene rings is 1. The van der Waals surface area contributed by atoms with E-state index >= 15 is 0 Å². The summed E-state index contributed by atoms with van der Waals surface area (Å²) in [4.78, 5) is 10.8. The third kappa shape index (κ3) is 4.03. The first kappa shape index (κ1) is 16.6. The zero-order valence-electron chi connectivity index (χ0n) is 12.4. The third-order valence-corrected chi connectivity index (χ3v) is 7.83. The number of aldehydes is 1. The SMILES string of the molecule is CC(C)(C)[Si](C)(C)Oc1cc(C=O)ccc1OC(F)F. The highest BCUT2D eigenvalue weighted by Crippen LogP contribution is 2.40. The number of rotatable bonds is 5. The summed E-state index contributed by atoms with van der Waals surface area (Å²) in [6.45, 7) is 7.17. The molecule has 0 atom stereocenters. The van der Waals surface area contributed by atoms with E-state index in [0.717, 1.165) is 0 Å². The Morgan fingerprint density at radius 3 is 2.25 bits per heavy atom. The predicted molar refractivity (Wildman–Crippen MR) is 76.3 cm³/mol. The van der Waals surface area contributed by atoms with Crippen LogP contribution in [0.5, 0.6) is 11.5 Å². The molecule has 0 aliphatic carbocycles. The average Bonchev–Trinajstić information content (AvgIpc) is 2.29. The molecule has 0 amide bonds. The highest BCUT2D eigenvalue weighted by molar-refractivity contribution is 6.74. The number of carbonyl (C=O) groups excluding carboxylic acids is 1. The van der Waals surface area contributed by atoms with E-state index in [-0.39, 0.29) is 16.5 Å². The molecule has 6 heteroatoms. The van der Waals surface area contributed by atoms with Crippen LogP contribution in [0.1, 0.15) is 31.1 Å². The summed E-state index contributed by atoms with van der Waals surface area (Å²) in [5.74, 6) is 0.150. The number of halogens is 2. The molecule has 0 N–H and O–H groups in total. The van der Waals surface area contributed by atoms with Crippen LogP contribution >= 0.6 is 0 Å². The van der Waals surface area contributed by atoms with Crippen molar-refractivity contribution in [1.82, 2.24) is 0 Å². The second-order valence-electron chi connectivity index (χ2n) is 6.06. The first-order valence-corrected chi connectivity index (χ1v) is 9.21. The molecule has 1 rings (SSSR count). The smallest absolute Gasteiger partial charge is 0.387 e. The largest absolute Gasteiger partial charge is 0.541 e. The zero-order valence-corrected chi connectivity index (χ0v) is 13.4. The highest BCUT2D eigenvalue weighted by atomic mass is 28.4. The van der Waals surface area contributed by atoms with Crippen molar-refractivity contribution < 1.29 is 22.7 Å². The van der Waals surface area contributed by atoms with Gasteiger partial charge in [-0.2, -0.15) is 8.78 Å². The van der Waals surface area contributed by atoms with E-state index < -0.39 is 14.9 Å². The number of ether oxygens (including phenoxy) is 1. The lowest BCUT2D eigenvalue weighted by atomic mass is 10.2. The van der Waals surface area contributed by atoms with E-state index in [9.17, 15) is 13.6 Å². The van der Waals surface area contributed by atoms with Gasteiger partial charge in [0.1, 0.15) is 12.0 Å². The van der Waals surface area contributed by atoms with Crippen molar-refractivity contribution in [3.63, 3.8) is 0 Å². The van der Waals surface area contributed by atoms with Gasteiger partial charge in [0.25, 0.3) is 8.32 Å². The first-order chi connectivity index (χ1) is 9.06. The maximum Gasteiger partial charge on any atom is 0.387 e. The molecule has 0 radical (unpaired) electrons. The molecule has 0 heterocycles. The van der Waals surface area contributed by atoms with E-state index in [2.05, 4.69) is 4.74 Å². The molecule has 0 bridgehead atoms. The lowest BCUT2D eigenvalue weighted by Crippen LogP contribution is -2.44. The molecule has 0 spiro atoms. The lowest BCUT2D eigenvalue weighted by molar-refractivity contribution is -0.0508. The molecule has 0 fully saturated rings. The Balaban J connectivity index is 3.16. The summed E-state index contributed by atoms with van der Waals surface area (Å²) in [5.41, 5.74) is 0.361. The van der Waals surface area contributed by atoms with Gasteiger partial charge in [0.2, 0.25) is 0 Å². The number of carbonyl (C=O) groups is 1. The van der Waals surface area contributed by atoms with Gasteiger partial charge in [-0.15, -0.1) is 0 Å². The quantitative estimate of drug-likeness (QED) is 0.594. The number of hydrogen-bond acceptors (Lipinski definition) is 3. The van der Waals surface area contributed by atoms with Gasteiger partial charge in [-0.3, -0.25) is 4.79 Å². The van der Waals surface area contributed by atoms with Crippen molar-refractivity contribution >= 4 is 14.6 Å². The molecule has 0 unspecified atom stereocenters. The van der Waals surface area contributed by atoms with Crippen LogP contribution in [0.4, 0.5) is 8.78 Å². The van der Waals surface area contributed by atoms with Gasteiger partial charge in [0.05, 0.1) is 0 Å². The molecule has 1 aromatic rings. The van der Waals surface area contributed by atoms with Gasteiger partial charge in [0, 0.05) is 5.56 Å². The third-order valence-electron chi connectivity index (χ3n) is 3.49. The second-order valence-corrected chi connectivity index (χ2v) is 10.8. The minimum atomic E-state index is -2.93. The molecule has 0 saturated heterocycles. The Morgan fingerprint density at radius 1 is 1.20 bits per heavy atom. The fraction of sp³-hybridized carbons (Fsp3) is 0.500. The molecular formula is C14H20F2O3Si. The van der Waals surface area contributed by atoms with Crippen LogP contribution in [0.2, 0.25) is 18.1 Å². The van der Waals surface area contributed by atoms with Crippen molar-refractivity contribution in [3.05, 3.63) is 23.8 Å². The first-order valence-electron chi connectivity index (χ1n) is 6.30. The molecule has 20 heavy (non-hydrogen) atoms. The molecular weight excluding hydrogens is 282 g/mol. The van der Waals surface area contributed by atoms with Crippen LogP contribution in [0, 0.1) is 0 Å². The normalized spacial score (nSPS) is 12.4. The van der Waals surface area contributed by atoms with E-state index in [0.29, 0.717) is 11.8 Å². The molecule has 3 nitrogen and oxygen atoms in total. The van der Waals surface area contributed by atoms with Gasteiger partial charge in [-0.25, -0.2) is 0 Å². The summed E-state index contributed by atoms with van der Waals surface area (Å²) in [5, 5.41) is -0.0910. The number of hydrogen-bond donors (Lipinski definition) is 0. The van der Waals surface area contributed by atoms with Gasteiger partial charge in [-0.05, 0) is 36.3 Å². The summed E-state index contributed by atoms with van der Waals surface area (Å²) in [6.07, 6.45) is 0.644. The van der Waals surface area contributed by atoms with E-state index in [1.807, 2.05) is 33.9 Å². The Labute approximate surface area is 119 Å². The van der Waals surface area contributed by atoms with Gasteiger partial charge in [-0.1, -0.05) is 20.8 Å². The number of alkyl halides is 2. The summed E-state index contributed by atoms with van der Waals surface area (Å²) in [6, 6.07) is 4.19. The van der Waals surface area contributed by atoms with Gasteiger partial charge in [0.15, 0.2) is 5.75 Å². The van der Waals surface area contributed by atoms with Crippen molar-refractivity contribution in [2.24, 2.45) is 0 Å². The highest BCUT2D eigenvalue weighted by Gasteiger charge is 2.39. The topological polar surface area (TPSA) is 35.5 Å². The predicted octanol–water partition coefficient (Wildman–Crippen LogP) is 4.48. The summed E-state index contributed by atoms with van der Waals surface area (Å²) in [7, 11) is -2.20. The Bertz CT molecular complexity index is 482. The summed E-state index contributed by atoms with van der Waals surface area (Å²) >= 11 is 0. The van der Waals surface area contributed by atoms with Crippen molar-refractivity contribution in [2.45, 2.75) is 45.5 Å². The van der Waals surface area contributed by atoms with Crippen LogP contribution in [0.15, 0.2) is 18.2 Å². The van der Waals surface area contributed by atoms with Crippen LogP contribution in [-0.4, -0.2) is 21.2 Å². The van der Waals surface area contributed by atoms with Crippen molar-refractivity contribution in [2.75, 3.05) is 0 Å². The Hall–Kier alpha value is -1.43. The summed E-state index contributed by atoms with van der Waals surface area (Å²) < 4.78 is 35.2. The molecule has 112 valence electrons. The zero-order chi connectivity index (χ0) is 15.6. The fourth-order valence-corrected chi connectivity index (χ4v) is 2.31. The molecule has 0 saturated carbocycles. The lowest BCUT2D eigenvalue weighted by Gasteiger charge is -2.36. The van der Waals surface area contributed by atoms with Gasteiger partial charge < -0.3 is 9.16 Å². The standard InChI is InChI=1S/C14H20F2O3Si/c1-14(2,3)20(4,5)19-12-8-10(9-17)6-7-11(12)18-13(15)16/h6-9,13H,1-5H3.